The van der Waals surface area contributed by atoms with Gasteiger partial charge in [-0.3, -0.25) is 10.00 Å². The number of nitrogens with zero attached hydrogens (tertiary/aromatic N) is 4. The minimum atomic E-state index is -0.0955. The number of hydrogen-bond donors (Lipinski definition) is 1. The van der Waals surface area contributed by atoms with Crippen molar-refractivity contribution in [1.29, 1.82) is 0 Å². The maximum atomic E-state index is 5.46. The third-order valence-corrected chi connectivity index (χ3v) is 4.50. The lowest BCUT2D eigenvalue weighted by Gasteiger charge is -2.26. The van der Waals surface area contributed by atoms with E-state index in [1.54, 1.807) is 0 Å². The first-order chi connectivity index (χ1) is 10.9. The molecule has 3 rings (SSSR count). The van der Waals surface area contributed by atoms with Crippen molar-refractivity contribution in [3.8, 4) is 0 Å². The third kappa shape index (κ3) is 3.17. The molecule has 0 unspecified atom stereocenters. The molecule has 0 saturated carbocycles. The largest absolute Gasteiger partial charge is 0.338 e. The molecule has 1 N–H and O–H groups in total. The lowest BCUT2D eigenvalue weighted by atomic mass is 9.92. The molecule has 0 spiro atoms. The van der Waals surface area contributed by atoms with Crippen LogP contribution in [0.15, 0.2) is 10.7 Å². The molecule has 0 fully saturated rings. The van der Waals surface area contributed by atoms with Gasteiger partial charge in [0.05, 0.1) is 12.2 Å². The number of aryl methyl sites for hydroxylation is 1. The van der Waals surface area contributed by atoms with E-state index in [0.29, 0.717) is 11.9 Å². The molecular formula is C17H27N5O. The van der Waals surface area contributed by atoms with Crippen LogP contribution >= 0.6 is 0 Å². The summed E-state index contributed by atoms with van der Waals surface area (Å²) < 4.78 is 7.57. The first-order valence-electron chi connectivity index (χ1n) is 8.55. The summed E-state index contributed by atoms with van der Waals surface area (Å²) in [5, 5.41) is 12.3. The third-order valence-electron chi connectivity index (χ3n) is 4.50. The molecule has 0 saturated heterocycles. The highest BCUT2D eigenvalue weighted by Crippen LogP contribution is 2.31. The average molecular weight is 317 g/mol. The van der Waals surface area contributed by atoms with E-state index in [2.05, 4.69) is 59.9 Å². The molecular weight excluding hydrogens is 290 g/mol. The van der Waals surface area contributed by atoms with Gasteiger partial charge in [0.15, 0.2) is 5.82 Å². The first kappa shape index (κ1) is 16.2. The van der Waals surface area contributed by atoms with E-state index in [9.17, 15) is 0 Å². The summed E-state index contributed by atoms with van der Waals surface area (Å²) in [6.45, 7) is 11.4. The van der Waals surface area contributed by atoms with Crippen LogP contribution in [-0.4, -0.2) is 19.9 Å². The van der Waals surface area contributed by atoms with Crippen LogP contribution in [0.5, 0.6) is 0 Å². The van der Waals surface area contributed by atoms with E-state index >= 15 is 0 Å². The molecule has 6 nitrogen and oxygen atoms in total. The van der Waals surface area contributed by atoms with E-state index in [1.165, 1.54) is 17.7 Å². The summed E-state index contributed by atoms with van der Waals surface area (Å²) in [7, 11) is 0. The summed E-state index contributed by atoms with van der Waals surface area (Å²) in [6.07, 6.45) is 5.43. The van der Waals surface area contributed by atoms with Crippen LogP contribution in [0.25, 0.3) is 0 Å². The van der Waals surface area contributed by atoms with Gasteiger partial charge in [-0.25, -0.2) is 0 Å². The van der Waals surface area contributed by atoms with Gasteiger partial charge in [0.25, 0.3) is 0 Å². The highest BCUT2D eigenvalue weighted by atomic mass is 16.5. The Morgan fingerprint density at radius 1 is 1.43 bits per heavy atom. The maximum Gasteiger partial charge on any atom is 0.243 e. The SMILES string of the molecule is CCn1ncc2c1CCC[C@H]2N[C@H](C)c1nc(C(C)(C)C)no1. The monoisotopic (exact) mass is 317 g/mol. The zero-order valence-corrected chi connectivity index (χ0v) is 14.8. The van der Waals surface area contributed by atoms with E-state index < -0.39 is 0 Å². The lowest BCUT2D eigenvalue weighted by molar-refractivity contribution is 0.309. The maximum absolute atomic E-state index is 5.46. The quantitative estimate of drug-likeness (QED) is 0.937. The van der Waals surface area contributed by atoms with E-state index in [0.717, 1.165) is 25.2 Å². The molecule has 6 heteroatoms. The van der Waals surface area contributed by atoms with E-state index in [4.69, 9.17) is 4.52 Å². The van der Waals surface area contributed by atoms with Crippen molar-refractivity contribution < 1.29 is 4.52 Å². The summed E-state index contributed by atoms with van der Waals surface area (Å²) in [4.78, 5) is 4.56. The van der Waals surface area contributed by atoms with Crippen LogP contribution in [0, 0.1) is 0 Å². The van der Waals surface area contributed by atoms with Crippen LogP contribution in [0.1, 0.15) is 82.5 Å². The topological polar surface area (TPSA) is 68.8 Å². The van der Waals surface area contributed by atoms with Gasteiger partial charge >= 0.3 is 0 Å². The Bertz CT molecular complexity index is 667. The van der Waals surface area contributed by atoms with Gasteiger partial charge in [-0.1, -0.05) is 25.9 Å². The molecule has 0 amide bonds. The Morgan fingerprint density at radius 2 is 2.22 bits per heavy atom. The summed E-state index contributed by atoms with van der Waals surface area (Å²) in [5.41, 5.74) is 2.59. The molecule has 0 bridgehead atoms. The van der Waals surface area contributed by atoms with Crippen molar-refractivity contribution in [1.82, 2.24) is 25.2 Å². The zero-order valence-electron chi connectivity index (χ0n) is 14.8. The fourth-order valence-electron chi connectivity index (χ4n) is 3.15. The van der Waals surface area contributed by atoms with Crippen molar-refractivity contribution in [2.45, 2.75) is 77.9 Å². The Kier molecular flexibility index (Phi) is 4.27. The Hall–Kier alpha value is -1.69. The number of hydrogen-bond acceptors (Lipinski definition) is 5. The molecule has 2 atom stereocenters. The van der Waals surface area contributed by atoms with Crippen molar-refractivity contribution in [3.05, 3.63) is 29.2 Å². The number of nitrogens with one attached hydrogen (secondary N) is 1. The minimum Gasteiger partial charge on any atom is -0.338 e. The molecule has 0 radical (unpaired) electrons. The van der Waals surface area contributed by atoms with Gasteiger partial charge in [-0.2, -0.15) is 10.1 Å². The van der Waals surface area contributed by atoms with Crippen molar-refractivity contribution in [2.24, 2.45) is 0 Å². The lowest BCUT2D eigenvalue weighted by Crippen LogP contribution is -2.28. The number of fused-ring (bicyclic) bond motifs is 1. The minimum absolute atomic E-state index is 0.0273. The molecule has 2 aromatic rings. The highest BCUT2D eigenvalue weighted by molar-refractivity contribution is 5.25. The Labute approximate surface area is 137 Å². The standard InChI is InChI=1S/C17H27N5O/c1-6-22-14-9-7-8-13(12(14)10-18-22)19-11(2)15-20-16(21-23-15)17(3,4)5/h10-11,13,19H,6-9H2,1-5H3/t11-,13-/m1/s1. The van der Waals surface area contributed by atoms with Crippen LogP contribution in [0.3, 0.4) is 0 Å². The zero-order chi connectivity index (χ0) is 16.6. The second-order valence-corrected chi connectivity index (χ2v) is 7.40. The fraction of sp³-hybridized carbons (Fsp3) is 0.706. The molecule has 2 aromatic heterocycles. The number of rotatable bonds is 4. The van der Waals surface area contributed by atoms with Gasteiger partial charge < -0.3 is 4.52 Å². The summed E-state index contributed by atoms with van der Waals surface area (Å²) in [6, 6.07) is 0.332. The molecule has 0 aromatic carbocycles. The van der Waals surface area contributed by atoms with Gasteiger partial charge in [0.1, 0.15) is 0 Å². The molecule has 23 heavy (non-hydrogen) atoms. The Balaban J connectivity index is 1.75. The van der Waals surface area contributed by atoms with Gasteiger partial charge in [-0.15, -0.1) is 0 Å². The Morgan fingerprint density at radius 3 is 2.87 bits per heavy atom. The van der Waals surface area contributed by atoms with Gasteiger partial charge in [-0.05, 0) is 33.1 Å². The molecule has 126 valence electrons. The average Bonchev–Trinajstić information content (AvgIpc) is 3.14. The van der Waals surface area contributed by atoms with Crippen molar-refractivity contribution in [2.75, 3.05) is 0 Å². The fourth-order valence-corrected chi connectivity index (χ4v) is 3.15. The second kappa shape index (κ2) is 6.07. The van der Waals surface area contributed by atoms with E-state index in [1.807, 2.05) is 6.20 Å². The normalized spacial score (nSPS) is 19.6. The first-order valence-corrected chi connectivity index (χ1v) is 8.55. The van der Waals surface area contributed by atoms with Crippen molar-refractivity contribution in [3.63, 3.8) is 0 Å². The molecule has 2 heterocycles. The molecule has 1 aliphatic carbocycles. The van der Waals surface area contributed by atoms with Gasteiger partial charge in [0, 0.05) is 29.3 Å². The van der Waals surface area contributed by atoms with Crippen LogP contribution in [0.2, 0.25) is 0 Å². The smallest absolute Gasteiger partial charge is 0.243 e. The van der Waals surface area contributed by atoms with Crippen LogP contribution in [0.4, 0.5) is 0 Å². The van der Waals surface area contributed by atoms with Crippen LogP contribution in [-0.2, 0) is 18.4 Å². The number of aromatic nitrogens is 4. The predicted molar refractivity (Wildman–Crippen MR) is 88.1 cm³/mol. The van der Waals surface area contributed by atoms with E-state index in [-0.39, 0.29) is 11.5 Å². The predicted octanol–water partition coefficient (Wildman–Crippen LogP) is 3.31. The molecule has 1 aliphatic rings. The van der Waals surface area contributed by atoms with Crippen molar-refractivity contribution >= 4 is 0 Å². The highest BCUT2D eigenvalue weighted by Gasteiger charge is 2.28. The van der Waals surface area contributed by atoms with Crippen LogP contribution < -0.4 is 5.32 Å². The second-order valence-electron chi connectivity index (χ2n) is 7.40. The summed E-state index contributed by atoms with van der Waals surface area (Å²) in [5.74, 6) is 1.41. The van der Waals surface area contributed by atoms with Gasteiger partial charge in [0.2, 0.25) is 5.89 Å². The summed E-state index contributed by atoms with van der Waals surface area (Å²) >= 11 is 0. The molecule has 0 aliphatic heterocycles.